The van der Waals surface area contributed by atoms with E-state index in [0.29, 0.717) is 35.9 Å². The lowest BCUT2D eigenvalue weighted by atomic mass is 10.1. The van der Waals surface area contributed by atoms with Crippen molar-refractivity contribution in [2.75, 3.05) is 37.9 Å². The number of nitrogens with two attached hydrogens (primary N) is 1. The number of hydrogen-bond acceptors (Lipinski definition) is 5. The molecule has 32 heavy (non-hydrogen) atoms. The molecular weight excluding hydrogens is 406 g/mol. The summed E-state index contributed by atoms with van der Waals surface area (Å²) in [5.74, 6) is 0.193. The minimum absolute atomic E-state index is 0.0431. The largest absolute Gasteiger partial charge is 0.399 e. The number of aromatic nitrogens is 2. The van der Waals surface area contributed by atoms with E-state index in [0.717, 1.165) is 43.4 Å². The highest BCUT2D eigenvalue weighted by Gasteiger charge is 2.20. The number of hydrogen-bond donors (Lipinski definition) is 2. The first kappa shape index (κ1) is 21.8. The average molecular weight is 436 g/mol. The van der Waals surface area contributed by atoms with Crippen molar-refractivity contribution in [2.45, 2.75) is 32.2 Å². The molecule has 2 aromatic carbocycles. The molecule has 1 aliphatic rings. The molecule has 8 heteroatoms. The second-order valence-electron chi connectivity index (χ2n) is 8.07. The number of amides is 2. The fourth-order valence-corrected chi connectivity index (χ4v) is 4.08. The second kappa shape index (κ2) is 9.82. The van der Waals surface area contributed by atoms with E-state index in [1.54, 1.807) is 31.4 Å². The molecule has 2 heterocycles. The molecular formula is C24H29N5O3. The van der Waals surface area contributed by atoms with Gasteiger partial charge in [0.25, 0.3) is 11.8 Å². The van der Waals surface area contributed by atoms with Crippen molar-refractivity contribution in [3.8, 4) is 0 Å². The molecule has 4 rings (SSSR count). The maximum atomic E-state index is 13.0. The number of carbonyl (C=O) groups is 2. The number of nitrogen functional groups attached to an aromatic ring is 1. The normalized spacial score (nSPS) is 14.0. The summed E-state index contributed by atoms with van der Waals surface area (Å²) in [6, 6.07) is 12.3. The molecule has 0 saturated carbocycles. The second-order valence-corrected chi connectivity index (χ2v) is 8.07. The van der Waals surface area contributed by atoms with Crippen LogP contribution in [0.5, 0.6) is 0 Å². The van der Waals surface area contributed by atoms with E-state index in [1.165, 1.54) is 6.42 Å². The van der Waals surface area contributed by atoms with Crippen molar-refractivity contribution < 1.29 is 14.3 Å². The molecule has 0 bridgehead atoms. The lowest BCUT2D eigenvalue weighted by molar-refractivity contribution is 0.0724. The molecule has 0 aliphatic carbocycles. The molecule has 1 saturated heterocycles. The first-order valence-corrected chi connectivity index (χ1v) is 11.0. The maximum absolute atomic E-state index is 13.0. The van der Waals surface area contributed by atoms with Crippen molar-refractivity contribution in [1.82, 2.24) is 14.5 Å². The summed E-state index contributed by atoms with van der Waals surface area (Å²) in [6.45, 7) is 2.77. The Hall–Kier alpha value is -3.39. The van der Waals surface area contributed by atoms with Crippen LogP contribution in [0.3, 0.4) is 0 Å². The molecule has 0 radical (unpaired) electrons. The van der Waals surface area contributed by atoms with Crippen molar-refractivity contribution in [1.29, 1.82) is 0 Å². The smallest absolute Gasteiger partial charge is 0.258 e. The van der Waals surface area contributed by atoms with Crippen LogP contribution in [0.2, 0.25) is 0 Å². The molecule has 2 amide bonds. The topological polar surface area (TPSA) is 102 Å². The Labute approximate surface area is 187 Å². The summed E-state index contributed by atoms with van der Waals surface area (Å²) in [5, 5.41) is 2.90. The highest BCUT2D eigenvalue weighted by molar-refractivity contribution is 6.05. The van der Waals surface area contributed by atoms with Crippen molar-refractivity contribution in [3.63, 3.8) is 0 Å². The van der Waals surface area contributed by atoms with Gasteiger partial charge in [0.1, 0.15) is 0 Å². The summed E-state index contributed by atoms with van der Waals surface area (Å²) in [7, 11) is 1.66. The lowest BCUT2D eigenvalue weighted by Crippen LogP contribution is -2.35. The Morgan fingerprint density at radius 3 is 2.66 bits per heavy atom. The minimum Gasteiger partial charge on any atom is -0.399 e. The van der Waals surface area contributed by atoms with Crippen LogP contribution in [0, 0.1) is 0 Å². The third-order valence-corrected chi connectivity index (χ3v) is 5.74. The standard InChI is InChI=1S/C24H29N5O3/c1-32-14-6-13-29-21-16-18(23(31)28-11-3-2-4-12-28)9-10-20(21)26-24(29)27-22(30)17-7-5-8-19(25)15-17/h5,7-10,15-16H,2-4,6,11-14,25H2,1H3,(H,26,27,30). The van der Waals surface area contributed by atoms with E-state index in [1.807, 2.05) is 27.7 Å². The summed E-state index contributed by atoms with van der Waals surface area (Å²) < 4.78 is 7.14. The van der Waals surface area contributed by atoms with Gasteiger partial charge in [0.15, 0.2) is 0 Å². The molecule has 168 valence electrons. The number of rotatable bonds is 7. The highest BCUT2D eigenvalue weighted by atomic mass is 16.5. The lowest BCUT2D eigenvalue weighted by Gasteiger charge is -2.26. The number of fused-ring (bicyclic) bond motifs is 1. The molecule has 1 aromatic heterocycles. The molecule has 3 N–H and O–H groups in total. The van der Waals surface area contributed by atoms with Crippen LogP contribution in [-0.2, 0) is 11.3 Å². The average Bonchev–Trinajstić information content (AvgIpc) is 3.15. The maximum Gasteiger partial charge on any atom is 0.258 e. The van der Waals surface area contributed by atoms with E-state index in [9.17, 15) is 9.59 Å². The third kappa shape index (κ3) is 4.75. The van der Waals surface area contributed by atoms with Gasteiger partial charge in [0.05, 0.1) is 11.0 Å². The van der Waals surface area contributed by atoms with E-state index < -0.39 is 0 Å². The van der Waals surface area contributed by atoms with Crippen LogP contribution >= 0.6 is 0 Å². The van der Waals surface area contributed by atoms with Gasteiger partial charge in [-0.2, -0.15) is 0 Å². The van der Waals surface area contributed by atoms with E-state index in [4.69, 9.17) is 10.5 Å². The number of imidazole rings is 1. The monoisotopic (exact) mass is 435 g/mol. The Balaban J connectivity index is 1.66. The van der Waals surface area contributed by atoms with Crippen LogP contribution in [-0.4, -0.2) is 53.1 Å². The van der Waals surface area contributed by atoms with Gasteiger partial charge in [0.2, 0.25) is 5.95 Å². The number of anilines is 2. The number of benzene rings is 2. The van der Waals surface area contributed by atoms with Crippen LogP contribution in [0.4, 0.5) is 11.6 Å². The quantitative estimate of drug-likeness (QED) is 0.437. The Morgan fingerprint density at radius 2 is 1.91 bits per heavy atom. The zero-order valence-corrected chi connectivity index (χ0v) is 18.3. The summed E-state index contributed by atoms with van der Waals surface area (Å²) in [5.41, 5.74) is 8.97. The van der Waals surface area contributed by atoms with E-state index in [-0.39, 0.29) is 11.8 Å². The van der Waals surface area contributed by atoms with Gasteiger partial charge >= 0.3 is 0 Å². The number of piperidine rings is 1. The number of nitrogens with zero attached hydrogens (tertiary/aromatic N) is 3. The first-order valence-electron chi connectivity index (χ1n) is 11.0. The minimum atomic E-state index is -0.287. The number of ether oxygens (including phenoxy) is 1. The Bertz CT molecular complexity index is 1120. The number of aryl methyl sites for hydroxylation is 1. The van der Waals surface area contributed by atoms with E-state index in [2.05, 4.69) is 10.3 Å². The molecule has 0 atom stereocenters. The SMILES string of the molecule is COCCCn1c(NC(=O)c2cccc(N)c2)nc2ccc(C(=O)N3CCCCC3)cc21. The summed E-state index contributed by atoms with van der Waals surface area (Å²) in [6.07, 6.45) is 4.00. The van der Waals surface area contributed by atoms with Crippen LogP contribution in [0.1, 0.15) is 46.4 Å². The summed E-state index contributed by atoms with van der Waals surface area (Å²) in [4.78, 5) is 32.4. The predicted octanol–water partition coefficient (Wildman–Crippen LogP) is 3.53. The van der Waals surface area contributed by atoms with Crippen LogP contribution in [0.15, 0.2) is 42.5 Å². The first-order chi connectivity index (χ1) is 15.6. The number of nitrogens with one attached hydrogen (secondary N) is 1. The fourth-order valence-electron chi connectivity index (χ4n) is 4.08. The Kier molecular flexibility index (Phi) is 6.70. The highest BCUT2D eigenvalue weighted by Crippen LogP contribution is 2.24. The third-order valence-electron chi connectivity index (χ3n) is 5.74. The number of carbonyl (C=O) groups excluding carboxylic acids is 2. The molecule has 0 unspecified atom stereocenters. The molecule has 1 fully saturated rings. The van der Waals surface area contributed by atoms with E-state index >= 15 is 0 Å². The van der Waals surface area contributed by atoms with Crippen molar-refractivity contribution in [3.05, 3.63) is 53.6 Å². The zero-order chi connectivity index (χ0) is 22.5. The molecule has 3 aromatic rings. The van der Waals surface area contributed by atoms with Crippen molar-refractivity contribution >= 4 is 34.5 Å². The Morgan fingerprint density at radius 1 is 1.09 bits per heavy atom. The zero-order valence-electron chi connectivity index (χ0n) is 18.3. The summed E-state index contributed by atoms with van der Waals surface area (Å²) >= 11 is 0. The van der Waals surface area contributed by atoms with Gasteiger partial charge in [-0.15, -0.1) is 0 Å². The van der Waals surface area contributed by atoms with Gasteiger partial charge in [-0.05, 0) is 62.1 Å². The molecule has 0 spiro atoms. The predicted molar refractivity (Wildman–Crippen MR) is 125 cm³/mol. The molecule has 8 nitrogen and oxygen atoms in total. The molecule has 1 aliphatic heterocycles. The van der Waals surface area contributed by atoms with Gasteiger partial charge in [-0.3, -0.25) is 14.9 Å². The number of methoxy groups -OCH3 is 1. The van der Waals surface area contributed by atoms with Gasteiger partial charge in [-0.25, -0.2) is 4.98 Å². The van der Waals surface area contributed by atoms with Crippen LogP contribution in [0.25, 0.3) is 11.0 Å². The number of likely N-dealkylation sites (tertiary alicyclic amines) is 1. The van der Waals surface area contributed by atoms with Crippen molar-refractivity contribution in [2.24, 2.45) is 0 Å². The van der Waals surface area contributed by atoms with Gasteiger partial charge in [-0.1, -0.05) is 6.07 Å². The fraction of sp³-hybridized carbons (Fsp3) is 0.375. The van der Waals surface area contributed by atoms with Gasteiger partial charge < -0.3 is 19.9 Å². The van der Waals surface area contributed by atoms with Crippen LogP contribution < -0.4 is 11.1 Å². The van der Waals surface area contributed by atoms with Gasteiger partial charge in [0, 0.05) is 50.2 Å².